The van der Waals surface area contributed by atoms with Crippen molar-refractivity contribution in [2.24, 2.45) is 0 Å². The molecule has 0 aliphatic rings. The van der Waals surface area contributed by atoms with E-state index in [-0.39, 0.29) is 29.7 Å². The van der Waals surface area contributed by atoms with Crippen LogP contribution in [0.3, 0.4) is 0 Å². The first kappa shape index (κ1) is 22.2. The summed E-state index contributed by atoms with van der Waals surface area (Å²) in [6.07, 6.45) is 2.23. The van der Waals surface area contributed by atoms with Gasteiger partial charge in [0.25, 0.3) is 0 Å². The van der Waals surface area contributed by atoms with Gasteiger partial charge in [0.15, 0.2) is 6.61 Å². The molecule has 0 atom stereocenters. The molecule has 3 aromatic rings. The third-order valence-electron chi connectivity index (χ3n) is 5.02. The van der Waals surface area contributed by atoms with Crippen LogP contribution in [0.25, 0.3) is 0 Å². The van der Waals surface area contributed by atoms with E-state index in [1.165, 1.54) is 18.3 Å². The molecule has 2 heterocycles. The molecule has 0 radical (unpaired) electrons. The molecule has 0 bridgehead atoms. The van der Waals surface area contributed by atoms with E-state index in [9.17, 15) is 14.0 Å². The van der Waals surface area contributed by atoms with Crippen molar-refractivity contribution < 1.29 is 23.5 Å². The first-order valence-corrected chi connectivity index (χ1v) is 10.1. The molecule has 2 aromatic heterocycles. The third kappa shape index (κ3) is 5.36. The van der Waals surface area contributed by atoms with Crippen LogP contribution in [0, 0.1) is 19.7 Å². The summed E-state index contributed by atoms with van der Waals surface area (Å²) in [7, 11) is 0. The zero-order chi connectivity index (χ0) is 22.4. The van der Waals surface area contributed by atoms with Crippen LogP contribution in [0.5, 0.6) is 5.88 Å². The summed E-state index contributed by atoms with van der Waals surface area (Å²) in [4.78, 5) is 29.1. The second kappa shape index (κ2) is 10.0. The molecular formula is C24H25FN2O4. The number of nitrogens with zero attached hydrogens (tertiary/aromatic N) is 2. The number of ether oxygens (including phenoxy) is 2. The number of halogens is 1. The second-order valence-corrected chi connectivity index (χ2v) is 7.10. The Labute approximate surface area is 180 Å². The number of aromatic nitrogens is 2. The van der Waals surface area contributed by atoms with E-state index < -0.39 is 5.97 Å². The minimum atomic E-state index is -0.657. The SMILES string of the molecule is CCOc1ncccc1C(=O)OCC(=O)c1cc(C)n(CCc2ccc(F)cc2)c1C. The Hall–Kier alpha value is -3.48. The number of hydrogen-bond acceptors (Lipinski definition) is 5. The number of benzene rings is 1. The topological polar surface area (TPSA) is 70.4 Å². The smallest absolute Gasteiger partial charge is 0.344 e. The molecule has 0 fully saturated rings. The van der Waals surface area contributed by atoms with E-state index in [0.29, 0.717) is 25.1 Å². The maximum atomic E-state index is 13.1. The van der Waals surface area contributed by atoms with Crippen LogP contribution in [-0.2, 0) is 17.7 Å². The Morgan fingerprint density at radius 3 is 2.55 bits per heavy atom. The molecule has 0 saturated heterocycles. The molecule has 3 rings (SSSR count). The molecule has 0 aliphatic carbocycles. The molecule has 0 saturated carbocycles. The predicted octanol–water partition coefficient (Wildman–Crippen LogP) is 4.32. The summed E-state index contributed by atoms with van der Waals surface area (Å²) in [6, 6.07) is 11.3. The molecule has 7 heteroatoms. The Balaban J connectivity index is 1.65. The Bertz CT molecular complexity index is 1070. The van der Waals surface area contributed by atoms with Gasteiger partial charge in [0, 0.05) is 29.7 Å². The van der Waals surface area contributed by atoms with Gasteiger partial charge >= 0.3 is 5.97 Å². The lowest BCUT2D eigenvalue weighted by Crippen LogP contribution is -2.16. The summed E-state index contributed by atoms with van der Waals surface area (Å²) in [6.45, 7) is 6.22. The lowest BCUT2D eigenvalue weighted by atomic mass is 10.1. The van der Waals surface area contributed by atoms with Crippen LogP contribution in [0.1, 0.15) is 44.6 Å². The summed E-state index contributed by atoms with van der Waals surface area (Å²) in [5, 5.41) is 0. The van der Waals surface area contributed by atoms with Crippen molar-refractivity contribution in [3.8, 4) is 5.88 Å². The summed E-state index contributed by atoms with van der Waals surface area (Å²) >= 11 is 0. The molecule has 0 aliphatic heterocycles. The van der Waals surface area contributed by atoms with Crippen LogP contribution in [0.4, 0.5) is 4.39 Å². The van der Waals surface area contributed by atoms with Gasteiger partial charge < -0.3 is 14.0 Å². The lowest BCUT2D eigenvalue weighted by molar-refractivity contribution is 0.0469. The fraction of sp³-hybridized carbons (Fsp3) is 0.292. The fourth-order valence-electron chi connectivity index (χ4n) is 3.40. The maximum absolute atomic E-state index is 13.1. The number of aryl methyl sites for hydroxylation is 2. The lowest BCUT2D eigenvalue weighted by Gasteiger charge is -2.10. The summed E-state index contributed by atoms with van der Waals surface area (Å²) in [5.41, 5.74) is 3.44. The van der Waals surface area contributed by atoms with Crippen LogP contribution in [0.15, 0.2) is 48.7 Å². The molecule has 1 aromatic carbocycles. The summed E-state index contributed by atoms with van der Waals surface area (Å²) < 4.78 is 25.7. The number of ketones is 1. The van der Waals surface area contributed by atoms with Gasteiger partial charge in [0.2, 0.25) is 11.7 Å². The predicted molar refractivity (Wildman–Crippen MR) is 114 cm³/mol. The quantitative estimate of drug-likeness (QED) is 0.378. The number of Topliss-reactive ketones (excluding diaryl/α,β-unsaturated/α-hetero) is 1. The van der Waals surface area contributed by atoms with Gasteiger partial charge in [0.05, 0.1) is 6.61 Å². The highest BCUT2D eigenvalue weighted by Gasteiger charge is 2.20. The molecule has 31 heavy (non-hydrogen) atoms. The standard InChI is InChI=1S/C24H25FN2O4/c1-4-30-23-20(6-5-12-26-23)24(29)31-15-22(28)21-14-16(2)27(17(21)3)13-11-18-7-9-19(25)10-8-18/h5-10,12,14H,4,11,13,15H2,1-3H3. The van der Waals surface area contributed by atoms with Crippen LogP contribution in [-0.4, -0.2) is 34.5 Å². The Morgan fingerprint density at radius 1 is 1.10 bits per heavy atom. The number of carbonyl (C=O) groups is 2. The summed E-state index contributed by atoms with van der Waals surface area (Å²) in [5.74, 6) is -1.02. The number of rotatable bonds is 9. The van der Waals surface area contributed by atoms with Crippen molar-refractivity contribution in [2.75, 3.05) is 13.2 Å². The van der Waals surface area contributed by atoms with Gasteiger partial charge in [-0.05, 0) is 63.1 Å². The van der Waals surface area contributed by atoms with Crippen LogP contribution < -0.4 is 4.74 Å². The normalized spacial score (nSPS) is 10.7. The van der Waals surface area contributed by atoms with E-state index in [2.05, 4.69) is 4.98 Å². The van der Waals surface area contributed by atoms with Crippen molar-refractivity contribution in [1.29, 1.82) is 0 Å². The Morgan fingerprint density at radius 2 is 1.84 bits per heavy atom. The van der Waals surface area contributed by atoms with Gasteiger partial charge in [-0.2, -0.15) is 0 Å². The van der Waals surface area contributed by atoms with Gasteiger partial charge in [-0.3, -0.25) is 4.79 Å². The van der Waals surface area contributed by atoms with Gasteiger partial charge in [-0.15, -0.1) is 0 Å². The molecular weight excluding hydrogens is 399 g/mol. The van der Waals surface area contributed by atoms with E-state index in [0.717, 1.165) is 17.0 Å². The molecule has 162 valence electrons. The number of pyridine rings is 1. The highest BCUT2D eigenvalue weighted by molar-refractivity contribution is 6.00. The highest BCUT2D eigenvalue weighted by atomic mass is 19.1. The molecule has 0 spiro atoms. The molecule has 0 amide bonds. The number of carbonyl (C=O) groups excluding carboxylic acids is 2. The first-order chi connectivity index (χ1) is 14.9. The van der Waals surface area contributed by atoms with Gasteiger partial charge in [0.1, 0.15) is 11.4 Å². The van der Waals surface area contributed by atoms with Gasteiger partial charge in [-0.1, -0.05) is 12.1 Å². The van der Waals surface area contributed by atoms with Crippen LogP contribution >= 0.6 is 0 Å². The molecule has 0 unspecified atom stereocenters. The van der Waals surface area contributed by atoms with Gasteiger partial charge in [-0.25, -0.2) is 14.2 Å². The number of esters is 1. The van der Waals surface area contributed by atoms with E-state index in [1.807, 2.05) is 18.4 Å². The average Bonchev–Trinajstić information content (AvgIpc) is 3.05. The number of hydrogen-bond donors (Lipinski definition) is 0. The Kier molecular flexibility index (Phi) is 7.18. The fourth-order valence-corrected chi connectivity index (χ4v) is 3.40. The minimum Gasteiger partial charge on any atom is -0.477 e. The van der Waals surface area contributed by atoms with Crippen molar-refractivity contribution >= 4 is 11.8 Å². The van der Waals surface area contributed by atoms with Crippen molar-refractivity contribution in [3.05, 3.63) is 82.6 Å². The van der Waals surface area contributed by atoms with Crippen LogP contribution in [0.2, 0.25) is 0 Å². The van der Waals surface area contributed by atoms with E-state index in [4.69, 9.17) is 9.47 Å². The van der Waals surface area contributed by atoms with Crippen molar-refractivity contribution in [1.82, 2.24) is 9.55 Å². The highest BCUT2D eigenvalue weighted by Crippen LogP contribution is 2.19. The zero-order valence-corrected chi connectivity index (χ0v) is 17.9. The minimum absolute atomic E-state index is 0.182. The monoisotopic (exact) mass is 424 g/mol. The maximum Gasteiger partial charge on any atom is 0.344 e. The van der Waals surface area contributed by atoms with Crippen molar-refractivity contribution in [2.45, 2.75) is 33.7 Å². The third-order valence-corrected chi connectivity index (χ3v) is 5.02. The zero-order valence-electron chi connectivity index (χ0n) is 17.9. The molecule has 6 nitrogen and oxygen atoms in total. The molecule has 0 N–H and O–H groups in total. The first-order valence-electron chi connectivity index (χ1n) is 10.1. The average molecular weight is 424 g/mol. The second-order valence-electron chi connectivity index (χ2n) is 7.10. The largest absolute Gasteiger partial charge is 0.477 e. The van der Waals surface area contributed by atoms with E-state index in [1.54, 1.807) is 37.3 Å². The van der Waals surface area contributed by atoms with E-state index >= 15 is 0 Å². The van der Waals surface area contributed by atoms with Crippen molar-refractivity contribution in [3.63, 3.8) is 0 Å².